The van der Waals surface area contributed by atoms with Crippen molar-refractivity contribution in [3.63, 3.8) is 0 Å². The summed E-state index contributed by atoms with van der Waals surface area (Å²) in [5, 5.41) is 4.49. The maximum atomic E-state index is 11.1. The SMILES string of the molecule is COCC(C)c1nn(-c2ccc(Br)cc2)cc1C=O. The van der Waals surface area contributed by atoms with E-state index in [-0.39, 0.29) is 5.92 Å². The first kappa shape index (κ1) is 14.0. The molecule has 5 heteroatoms. The van der Waals surface area contributed by atoms with Crippen LogP contribution in [0.25, 0.3) is 5.69 Å². The van der Waals surface area contributed by atoms with Crippen LogP contribution in [0.4, 0.5) is 0 Å². The minimum atomic E-state index is 0.0851. The lowest BCUT2D eigenvalue weighted by Crippen LogP contribution is -2.05. The van der Waals surface area contributed by atoms with E-state index in [1.54, 1.807) is 18.0 Å². The van der Waals surface area contributed by atoms with Gasteiger partial charge in [0.2, 0.25) is 0 Å². The summed E-state index contributed by atoms with van der Waals surface area (Å²) >= 11 is 3.39. The van der Waals surface area contributed by atoms with Crippen molar-refractivity contribution in [1.82, 2.24) is 9.78 Å². The van der Waals surface area contributed by atoms with Crippen LogP contribution < -0.4 is 0 Å². The maximum absolute atomic E-state index is 11.1. The van der Waals surface area contributed by atoms with Gasteiger partial charge >= 0.3 is 0 Å². The zero-order chi connectivity index (χ0) is 13.8. The summed E-state index contributed by atoms with van der Waals surface area (Å²) in [6.07, 6.45) is 2.58. The van der Waals surface area contributed by atoms with Gasteiger partial charge in [0, 0.05) is 23.7 Å². The molecule has 0 aliphatic rings. The fourth-order valence-electron chi connectivity index (χ4n) is 1.93. The topological polar surface area (TPSA) is 44.1 Å². The van der Waals surface area contributed by atoms with E-state index >= 15 is 0 Å². The Bertz CT molecular complexity index is 563. The molecule has 0 spiro atoms. The maximum Gasteiger partial charge on any atom is 0.153 e. The quantitative estimate of drug-likeness (QED) is 0.794. The molecule has 100 valence electrons. The Kier molecular flexibility index (Phi) is 4.50. The Labute approximate surface area is 120 Å². The molecule has 0 aliphatic heterocycles. The van der Waals surface area contributed by atoms with Crippen molar-refractivity contribution in [2.45, 2.75) is 12.8 Å². The minimum Gasteiger partial charge on any atom is -0.384 e. The number of hydrogen-bond acceptors (Lipinski definition) is 3. The summed E-state index contributed by atoms with van der Waals surface area (Å²) in [5.74, 6) is 0.0851. The zero-order valence-corrected chi connectivity index (χ0v) is 12.4. The molecule has 1 aromatic carbocycles. The molecule has 1 aromatic heterocycles. The van der Waals surface area contributed by atoms with Gasteiger partial charge in [0.25, 0.3) is 0 Å². The summed E-state index contributed by atoms with van der Waals surface area (Å²) in [4.78, 5) is 11.1. The van der Waals surface area contributed by atoms with Crippen LogP contribution in [-0.4, -0.2) is 29.8 Å². The van der Waals surface area contributed by atoms with Gasteiger partial charge in [-0.25, -0.2) is 4.68 Å². The van der Waals surface area contributed by atoms with Crippen molar-refractivity contribution in [3.05, 3.63) is 46.2 Å². The van der Waals surface area contributed by atoms with Gasteiger partial charge in [0.1, 0.15) is 0 Å². The van der Waals surface area contributed by atoms with E-state index in [2.05, 4.69) is 21.0 Å². The van der Waals surface area contributed by atoms with E-state index in [1.807, 2.05) is 31.2 Å². The van der Waals surface area contributed by atoms with E-state index < -0.39 is 0 Å². The Balaban J connectivity index is 2.38. The second kappa shape index (κ2) is 6.12. The predicted molar refractivity (Wildman–Crippen MR) is 76.9 cm³/mol. The fraction of sp³-hybridized carbons (Fsp3) is 0.286. The Hall–Kier alpha value is -1.46. The van der Waals surface area contributed by atoms with Gasteiger partial charge in [-0.2, -0.15) is 5.10 Å². The smallest absolute Gasteiger partial charge is 0.153 e. The third-order valence-electron chi connectivity index (χ3n) is 2.87. The lowest BCUT2D eigenvalue weighted by molar-refractivity contribution is 0.112. The Morgan fingerprint density at radius 2 is 2.11 bits per heavy atom. The molecule has 0 fully saturated rings. The highest BCUT2D eigenvalue weighted by Gasteiger charge is 2.15. The van der Waals surface area contributed by atoms with Gasteiger partial charge in [-0.1, -0.05) is 22.9 Å². The van der Waals surface area contributed by atoms with Crippen molar-refractivity contribution in [3.8, 4) is 5.69 Å². The lowest BCUT2D eigenvalue weighted by atomic mass is 10.1. The van der Waals surface area contributed by atoms with Crippen LogP contribution in [0.3, 0.4) is 0 Å². The van der Waals surface area contributed by atoms with Gasteiger partial charge in [-0.3, -0.25) is 4.79 Å². The zero-order valence-electron chi connectivity index (χ0n) is 10.8. The van der Waals surface area contributed by atoms with Crippen molar-refractivity contribution in [2.24, 2.45) is 0 Å². The number of hydrogen-bond donors (Lipinski definition) is 0. The molecule has 2 rings (SSSR count). The molecule has 0 radical (unpaired) electrons. The standard InChI is InChI=1S/C14H15BrN2O2/c1-10(9-19-2)14-11(8-18)7-17(16-14)13-5-3-12(15)4-6-13/h3-8,10H,9H2,1-2H3. The third kappa shape index (κ3) is 3.11. The van der Waals surface area contributed by atoms with Crippen molar-refractivity contribution < 1.29 is 9.53 Å². The number of carbonyl (C=O) groups excluding carboxylic acids is 1. The molecule has 0 amide bonds. The number of ether oxygens (including phenoxy) is 1. The predicted octanol–water partition coefficient (Wildman–Crippen LogP) is 3.20. The van der Waals surface area contributed by atoms with E-state index in [0.717, 1.165) is 22.1 Å². The highest BCUT2D eigenvalue weighted by Crippen LogP contribution is 2.20. The van der Waals surface area contributed by atoms with E-state index in [4.69, 9.17) is 4.74 Å². The number of benzene rings is 1. The van der Waals surface area contributed by atoms with Gasteiger partial charge < -0.3 is 4.74 Å². The van der Waals surface area contributed by atoms with Crippen LogP contribution in [0.5, 0.6) is 0 Å². The highest BCUT2D eigenvalue weighted by atomic mass is 79.9. The van der Waals surface area contributed by atoms with Crippen LogP contribution in [0.15, 0.2) is 34.9 Å². The Morgan fingerprint density at radius 1 is 1.42 bits per heavy atom. The van der Waals surface area contributed by atoms with Crippen molar-refractivity contribution in [2.75, 3.05) is 13.7 Å². The van der Waals surface area contributed by atoms with E-state index in [1.165, 1.54) is 0 Å². The number of aldehydes is 1. The molecule has 0 bridgehead atoms. The number of aromatic nitrogens is 2. The normalized spacial score (nSPS) is 12.4. The second-order valence-electron chi connectivity index (χ2n) is 4.36. The molecule has 0 aliphatic carbocycles. The van der Waals surface area contributed by atoms with Crippen LogP contribution in [-0.2, 0) is 4.74 Å². The summed E-state index contributed by atoms with van der Waals surface area (Å²) in [6.45, 7) is 2.53. The summed E-state index contributed by atoms with van der Waals surface area (Å²) < 4.78 is 7.84. The minimum absolute atomic E-state index is 0.0851. The van der Waals surface area contributed by atoms with Crippen molar-refractivity contribution >= 4 is 22.2 Å². The first-order chi connectivity index (χ1) is 9.15. The molecular weight excluding hydrogens is 308 g/mol. The molecule has 1 atom stereocenters. The largest absolute Gasteiger partial charge is 0.384 e. The fourth-order valence-corrected chi connectivity index (χ4v) is 2.19. The average Bonchev–Trinajstić information content (AvgIpc) is 2.84. The molecule has 1 heterocycles. The van der Waals surface area contributed by atoms with Crippen LogP contribution in [0.1, 0.15) is 28.9 Å². The van der Waals surface area contributed by atoms with E-state index in [0.29, 0.717) is 12.2 Å². The molecule has 0 N–H and O–H groups in total. The van der Waals surface area contributed by atoms with Crippen LogP contribution in [0, 0.1) is 0 Å². The molecule has 19 heavy (non-hydrogen) atoms. The molecule has 0 saturated carbocycles. The number of carbonyl (C=O) groups is 1. The summed E-state index contributed by atoms with van der Waals surface area (Å²) in [5.41, 5.74) is 2.29. The third-order valence-corrected chi connectivity index (χ3v) is 3.40. The molecule has 0 saturated heterocycles. The van der Waals surface area contributed by atoms with Crippen LogP contribution in [0.2, 0.25) is 0 Å². The van der Waals surface area contributed by atoms with Gasteiger partial charge in [0.15, 0.2) is 6.29 Å². The lowest BCUT2D eigenvalue weighted by Gasteiger charge is -2.07. The highest BCUT2D eigenvalue weighted by molar-refractivity contribution is 9.10. The first-order valence-corrected chi connectivity index (χ1v) is 6.74. The molecule has 4 nitrogen and oxygen atoms in total. The summed E-state index contributed by atoms with van der Waals surface area (Å²) in [6, 6.07) is 7.76. The van der Waals surface area contributed by atoms with Crippen molar-refractivity contribution in [1.29, 1.82) is 0 Å². The second-order valence-corrected chi connectivity index (χ2v) is 5.28. The number of methoxy groups -OCH3 is 1. The average molecular weight is 323 g/mol. The number of halogens is 1. The number of nitrogens with zero attached hydrogens (tertiary/aromatic N) is 2. The van der Waals surface area contributed by atoms with Crippen LogP contribution >= 0.6 is 15.9 Å². The van der Waals surface area contributed by atoms with Gasteiger partial charge in [0.05, 0.1) is 23.6 Å². The molecular formula is C14H15BrN2O2. The molecule has 2 aromatic rings. The van der Waals surface area contributed by atoms with Gasteiger partial charge in [-0.15, -0.1) is 0 Å². The first-order valence-electron chi connectivity index (χ1n) is 5.95. The van der Waals surface area contributed by atoms with Gasteiger partial charge in [-0.05, 0) is 24.3 Å². The monoisotopic (exact) mass is 322 g/mol. The summed E-state index contributed by atoms with van der Waals surface area (Å²) in [7, 11) is 1.64. The van der Waals surface area contributed by atoms with E-state index in [9.17, 15) is 4.79 Å². The Morgan fingerprint density at radius 3 is 2.68 bits per heavy atom. The number of rotatable bonds is 5. The molecule has 1 unspecified atom stereocenters.